The number of hydrogen-bond donors (Lipinski definition) is 2. The summed E-state index contributed by atoms with van der Waals surface area (Å²) in [5.74, 6) is 0.309. The lowest BCUT2D eigenvalue weighted by atomic mass is 10.1. The van der Waals surface area contributed by atoms with Crippen LogP contribution < -0.4 is 15.4 Å². The van der Waals surface area contributed by atoms with E-state index in [9.17, 15) is 9.59 Å². The number of likely N-dealkylation sites (N-methyl/N-ethyl adjacent to an activating group) is 1. The average Bonchev–Trinajstić information content (AvgIpc) is 2.54. The van der Waals surface area contributed by atoms with Gasteiger partial charge in [-0.1, -0.05) is 12.1 Å². The minimum absolute atomic E-state index is 0.114. The average molecular weight is 341 g/mol. The molecule has 2 amide bonds. The number of nitrogens with one attached hydrogen (secondary N) is 2. The van der Waals surface area contributed by atoms with Gasteiger partial charge in [0.05, 0.1) is 13.7 Å². The topological polar surface area (TPSA) is 70.7 Å². The Morgan fingerprint density at radius 1 is 1.04 bits per heavy atom. The Balaban J connectivity index is 2.08. The number of benzene rings is 2. The summed E-state index contributed by atoms with van der Waals surface area (Å²) >= 11 is 0. The highest BCUT2D eigenvalue weighted by Gasteiger charge is 2.10. The summed E-state index contributed by atoms with van der Waals surface area (Å²) in [4.78, 5) is 26.0. The number of anilines is 2. The first kappa shape index (κ1) is 18.5. The second-order valence-electron chi connectivity index (χ2n) is 6.01. The molecule has 0 aliphatic heterocycles. The Labute approximate surface area is 147 Å². The molecule has 0 atom stereocenters. The van der Waals surface area contributed by atoms with Crippen LogP contribution in [-0.2, 0) is 4.79 Å². The van der Waals surface area contributed by atoms with Crippen molar-refractivity contribution in [3.63, 3.8) is 0 Å². The number of carbonyl (C=O) groups excluding carboxylic acids is 2. The zero-order chi connectivity index (χ0) is 18.4. The van der Waals surface area contributed by atoms with Crippen LogP contribution in [0.3, 0.4) is 0 Å². The lowest BCUT2D eigenvalue weighted by molar-refractivity contribution is -0.116. The van der Waals surface area contributed by atoms with E-state index in [2.05, 4.69) is 10.6 Å². The standard InChI is InChI=1S/C19H23N3O3/c1-13-8-9-14(10-17(13)25-4)19(24)21-16-7-5-6-15(11-16)20-18(23)12-22(2)3/h5-11H,12H2,1-4H3,(H,20,23)(H,21,24). The van der Waals surface area contributed by atoms with Crippen molar-refractivity contribution in [2.75, 3.05) is 38.4 Å². The molecule has 0 saturated carbocycles. The Kier molecular flexibility index (Phi) is 6.14. The molecule has 2 aromatic carbocycles. The van der Waals surface area contributed by atoms with Gasteiger partial charge in [-0.25, -0.2) is 0 Å². The lowest BCUT2D eigenvalue weighted by Crippen LogP contribution is -2.27. The van der Waals surface area contributed by atoms with Gasteiger partial charge in [0.1, 0.15) is 5.75 Å². The summed E-state index contributed by atoms with van der Waals surface area (Å²) < 4.78 is 5.25. The fourth-order valence-electron chi connectivity index (χ4n) is 2.33. The minimum Gasteiger partial charge on any atom is -0.496 e. The number of methoxy groups -OCH3 is 1. The number of hydrogen-bond acceptors (Lipinski definition) is 4. The molecule has 2 aromatic rings. The zero-order valence-corrected chi connectivity index (χ0v) is 14.9. The van der Waals surface area contributed by atoms with E-state index >= 15 is 0 Å². The van der Waals surface area contributed by atoms with E-state index in [0.29, 0.717) is 29.2 Å². The normalized spacial score (nSPS) is 10.4. The third-order valence-electron chi connectivity index (χ3n) is 3.53. The minimum atomic E-state index is -0.241. The summed E-state index contributed by atoms with van der Waals surface area (Å²) in [5, 5.41) is 5.63. The van der Waals surface area contributed by atoms with E-state index in [1.54, 1.807) is 48.4 Å². The zero-order valence-electron chi connectivity index (χ0n) is 14.9. The molecule has 2 N–H and O–H groups in total. The first-order chi connectivity index (χ1) is 11.9. The third-order valence-corrected chi connectivity index (χ3v) is 3.53. The second kappa shape index (κ2) is 8.30. The van der Waals surface area contributed by atoms with Gasteiger partial charge in [-0.2, -0.15) is 0 Å². The number of amides is 2. The highest BCUT2D eigenvalue weighted by Crippen LogP contribution is 2.21. The maximum absolute atomic E-state index is 12.4. The van der Waals surface area contributed by atoms with Crippen molar-refractivity contribution in [1.29, 1.82) is 0 Å². The van der Waals surface area contributed by atoms with E-state index in [1.165, 1.54) is 0 Å². The van der Waals surface area contributed by atoms with E-state index in [1.807, 2.05) is 27.1 Å². The van der Waals surface area contributed by atoms with Gasteiger partial charge in [0.15, 0.2) is 0 Å². The molecule has 132 valence electrons. The first-order valence-electron chi connectivity index (χ1n) is 7.89. The van der Waals surface area contributed by atoms with Crippen LogP contribution in [0.25, 0.3) is 0 Å². The summed E-state index contributed by atoms with van der Waals surface area (Å²) in [6, 6.07) is 12.3. The molecule has 0 aromatic heterocycles. The highest BCUT2D eigenvalue weighted by molar-refractivity contribution is 6.05. The molecule has 0 fully saturated rings. The van der Waals surface area contributed by atoms with Crippen molar-refractivity contribution in [1.82, 2.24) is 4.90 Å². The molecule has 0 heterocycles. The smallest absolute Gasteiger partial charge is 0.255 e. The Morgan fingerprint density at radius 2 is 1.72 bits per heavy atom. The summed E-state index contributed by atoms with van der Waals surface area (Å²) in [6.07, 6.45) is 0. The number of ether oxygens (including phenoxy) is 1. The molecular formula is C19H23N3O3. The molecule has 0 bridgehead atoms. The van der Waals surface area contributed by atoms with Gasteiger partial charge in [-0.15, -0.1) is 0 Å². The lowest BCUT2D eigenvalue weighted by Gasteiger charge is -2.12. The molecule has 0 spiro atoms. The first-order valence-corrected chi connectivity index (χ1v) is 7.89. The van der Waals surface area contributed by atoms with E-state index in [4.69, 9.17) is 4.74 Å². The summed E-state index contributed by atoms with van der Waals surface area (Å²) in [5.41, 5.74) is 2.70. The third kappa shape index (κ3) is 5.32. The number of rotatable bonds is 6. The number of carbonyl (C=O) groups is 2. The molecule has 0 radical (unpaired) electrons. The van der Waals surface area contributed by atoms with E-state index in [-0.39, 0.29) is 11.8 Å². The number of aryl methyl sites for hydroxylation is 1. The van der Waals surface area contributed by atoms with Crippen LogP contribution >= 0.6 is 0 Å². The van der Waals surface area contributed by atoms with Crippen LogP contribution in [0.2, 0.25) is 0 Å². The molecule has 2 rings (SSSR count). The Bertz CT molecular complexity index is 772. The highest BCUT2D eigenvalue weighted by atomic mass is 16.5. The van der Waals surface area contributed by atoms with Gasteiger partial charge in [0.25, 0.3) is 5.91 Å². The van der Waals surface area contributed by atoms with Crippen molar-refractivity contribution in [3.05, 3.63) is 53.6 Å². The maximum atomic E-state index is 12.4. The molecule has 0 aliphatic carbocycles. The second-order valence-corrected chi connectivity index (χ2v) is 6.01. The predicted octanol–water partition coefficient (Wildman–Crippen LogP) is 2.76. The van der Waals surface area contributed by atoms with Crippen molar-refractivity contribution in [2.45, 2.75) is 6.92 Å². The van der Waals surface area contributed by atoms with Crippen LogP contribution in [0, 0.1) is 6.92 Å². The van der Waals surface area contributed by atoms with Crippen LogP contribution in [0.4, 0.5) is 11.4 Å². The monoisotopic (exact) mass is 341 g/mol. The van der Waals surface area contributed by atoms with Crippen molar-refractivity contribution >= 4 is 23.2 Å². The Morgan fingerprint density at radius 3 is 2.36 bits per heavy atom. The molecule has 6 nitrogen and oxygen atoms in total. The molecule has 0 saturated heterocycles. The van der Waals surface area contributed by atoms with Crippen LogP contribution in [0.15, 0.2) is 42.5 Å². The fraction of sp³-hybridized carbons (Fsp3) is 0.263. The van der Waals surface area contributed by atoms with Crippen molar-refractivity contribution < 1.29 is 14.3 Å². The molecule has 0 aliphatic rings. The van der Waals surface area contributed by atoms with Crippen molar-refractivity contribution in [3.8, 4) is 5.75 Å². The predicted molar refractivity (Wildman–Crippen MR) is 99.3 cm³/mol. The molecular weight excluding hydrogens is 318 g/mol. The van der Waals surface area contributed by atoms with Gasteiger partial charge in [-0.3, -0.25) is 9.59 Å². The molecule has 25 heavy (non-hydrogen) atoms. The van der Waals surface area contributed by atoms with Gasteiger partial charge >= 0.3 is 0 Å². The SMILES string of the molecule is COc1cc(C(=O)Nc2cccc(NC(=O)CN(C)C)c2)ccc1C. The molecule has 0 unspecified atom stereocenters. The number of nitrogens with zero attached hydrogens (tertiary/aromatic N) is 1. The Hall–Kier alpha value is -2.86. The van der Waals surface area contributed by atoms with Crippen LogP contribution in [-0.4, -0.2) is 44.5 Å². The van der Waals surface area contributed by atoms with Gasteiger partial charge in [0, 0.05) is 16.9 Å². The van der Waals surface area contributed by atoms with Gasteiger partial charge in [0.2, 0.25) is 5.91 Å². The molecule has 6 heteroatoms. The van der Waals surface area contributed by atoms with Crippen LogP contribution in [0.1, 0.15) is 15.9 Å². The van der Waals surface area contributed by atoms with Crippen molar-refractivity contribution in [2.24, 2.45) is 0 Å². The fourth-order valence-corrected chi connectivity index (χ4v) is 2.33. The van der Waals surface area contributed by atoms with E-state index < -0.39 is 0 Å². The quantitative estimate of drug-likeness (QED) is 0.847. The van der Waals surface area contributed by atoms with E-state index in [0.717, 1.165) is 5.56 Å². The van der Waals surface area contributed by atoms with Gasteiger partial charge < -0.3 is 20.3 Å². The summed E-state index contributed by atoms with van der Waals surface area (Å²) in [6.45, 7) is 2.21. The summed E-state index contributed by atoms with van der Waals surface area (Å²) in [7, 11) is 5.22. The largest absolute Gasteiger partial charge is 0.496 e. The van der Waals surface area contributed by atoms with Crippen LogP contribution in [0.5, 0.6) is 5.75 Å². The maximum Gasteiger partial charge on any atom is 0.255 e. The van der Waals surface area contributed by atoms with Gasteiger partial charge in [-0.05, 0) is 56.9 Å².